The van der Waals surface area contributed by atoms with Gasteiger partial charge in [-0.05, 0) is 12.8 Å². The minimum Gasteiger partial charge on any atom is -0.215 e. The molecule has 110 valence electrons. The van der Waals surface area contributed by atoms with Gasteiger partial charge >= 0.3 is 0 Å². The first kappa shape index (κ1) is 17.8. The molecule has 0 aromatic carbocycles. The molecule has 0 aromatic rings. The summed E-state index contributed by atoms with van der Waals surface area (Å²) in [5, 5.41) is 0. The SMILES string of the molecule is CS(=O)(=O)NCCCCCCCCNS(C)(=O)=O. The van der Waals surface area contributed by atoms with Gasteiger partial charge in [-0.1, -0.05) is 25.7 Å². The molecule has 2 N–H and O–H groups in total. The van der Waals surface area contributed by atoms with Gasteiger partial charge in [0.15, 0.2) is 0 Å². The van der Waals surface area contributed by atoms with E-state index in [2.05, 4.69) is 9.44 Å². The maximum Gasteiger partial charge on any atom is 0.208 e. The molecule has 0 rings (SSSR count). The lowest BCUT2D eigenvalue weighted by molar-refractivity contribution is 0.560. The molecule has 0 bridgehead atoms. The first-order valence-electron chi connectivity index (χ1n) is 6.10. The third kappa shape index (κ3) is 15.8. The van der Waals surface area contributed by atoms with Gasteiger partial charge in [0.25, 0.3) is 0 Å². The molecular formula is C10H24N2O4S2. The van der Waals surface area contributed by atoms with E-state index in [1.54, 1.807) is 0 Å². The van der Waals surface area contributed by atoms with Gasteiger partial charge < -0.3 is 0 Å². The van der Waals surface area contributed by atoms with Gasteiger partial charge in [0.1, 0.15) is 0 Å². The van der Waals surface area contributed by atoms with Crippen molar-refractivity contribution in [3.05, 3.63) is 0 Å². The lowest BCUT2D eigenvalue weighted by Gasteiger charge is -2.03. The van der Waals surface area contributed by atoms with Gasteiger partial charge in [0, 0.05) is 13.1 Å². The molecule has 0 aromatic heterocycles. The van der Waals surface area contributed by atoms with Crippen LogP contribution in [0.15, 0.2) is 0 Å². The lowest BCUT2D eigenvalue weighted by Crippen LogP contribution is -2.23. The van der Waals surface area contributed by atoms with Crippen LogP contribution in [0.3, 0.4) is 0 Å². The van der Waals surface area contributed by atoms with Crippen molar-refractivity contribution in [3.63, 3.8) is 0 Å². The van der Waals surface area contributed by atoms with Gasteiger partial charge in [-0.25, -0.2) is 26.3 Å². The molecule has 0 fully saturated rings. The Labute approximate surface area is 111 Å². The predicted molar refractivity (Wildman–Crippen MR) is 73.4 cm³/mol. The average Bonchev–Trinajstić information content (AvgIpc) is 2.17. The maximum atomic E-state index is 10.8. The van der Waals surface area contributed by atoms with Crippen LogP contribution in [0.2, 0.25) is 0 Å². The molecule has 0 amide bonds. The Morgan fingerprint density at radius 2 is 0.889 bits per heavy atom. The Balaban J connectivity index is 3.22. The summed E-state index contributed by atoms with van der Waals surface area (Å²) < 4.78 is 47.9. The second-order valence-corrected chi connectivity index (χ2v) is 8.12. The highest BCUT2D eigenvalue weighted by atomic mass is 32.2. The number of sulfonamides is 2. The number of unbranched alkanes of at least 4 members (excludes halogenated alkanes) is 5. The zero-order valence-electron chi connectivity index (χ0n) is 11.1. The Kier molecular flexibility index (Phi) is 8.75. The van der Waals surface area contributed by atoms with Crippen LogP contribution in [0.1, 0.15) is 38.5 Å². The Morgan fingerprint density at radius 1 is 0.611 bits per heavy atom. The van der Waals surface area contributed by atoms with Gasteiger partial charge in [0.2, 0.25) is 20.0 Å². The molecule has 0 saturated carbocycles. The fraction of sp³-hybridized carbons (Fsp3) is 1.00. The molecule has 0 aliphatic rings. The van der Waals surface area contributed by atoms with Gasteiger partial charge in [-0.3, -0.25) is 0 Å². The van der Waals surface area contributed by atoms with Crippen LogP contribution >= 0.6 is 0 Å². The topological polar surface area (TPSA) is 92.3 Å². The van der Waals surface area contributed by atoms with Crippen molar-refractivity contribution >= 4 is 20.0 Å². The van der Waals surface area contributed by atoms with Gasteiger partial charge in [-0.15, -0.1) is 0 Å². The molecule has 6 nitrogen and oxygen atoms in total. The first-order valence-corrected chi connectivity index (χ1v) is 9.88. The monoisotopic (exact) mass is 300 g/mol. The second kappa shape index (κ2) is 8.84. The molecule has 0 aliphatic heterocycles. The fourth-order valence-electron chi connectivity index (χ4n) is 1.47. The molecule has 0 atom stereocenters. The zero-order chi connectivity index (χ0) is 14.1. The smallest absolute Gasteiger partial charge is 0.208 e. The molecule has 8 heteroatoms. The Bertz CT molecular complexity index is 364. The van der Waals surface area contributed by atoms with Crippen LogP contribution in [0.25, 0.3) is 0 Å². The summed E-state index contributed by atoms with van der Waals surface area (Å²) in [6.45, 7) is 0.989. The van der Waals surface area contributed by atoms with Crippen molar-refractivity contribution in [1.82, 2.24) is 9.44 Å². The minimum atomic E-state index is -3.06. The Hall–Kier alpha value is -0.180. The molecule has 0 heterocycles. The van der Waals surface area contributed by atoms with Crippen molar-refractivity contribution < 1.29 is 16.8 Å². The molecule has 0 spiro atoms. The first-order chi connectivity index (χ1) is 8.21. The summed E-state index contributed by atoms with van der Waals surface area (Å²) >= 11 is 0. The molecule has 0 saturated heterocycles. The summed E-state index contributed by atoms with van der Waals surface area (Å²) in [7, 11) is -6.12. The van der Waals surface area contributed by atoms with Gasteiger partial charge in [0.05, 0.1) is 12.5 Å². The molecular weight excluding hydrogens is 276 g/mol. The van der Waals surface area contributed by atoms with E-state index in [1.807, 2.05) is 0 Å². The molecule has 0 aliphatic carbocycles. The minimum absolute atomic E-state index is 0.495. The Morgan fingerprint density at radius 3 is 1.17 bits per heavy atom. The maximum absolute atomic E-state index is 10.8. The third-order valence-electron chi connectivity index (χ3n) is 2.33. The summed E-state index contributed by atoms with van der Waals surface area (Å²) in [5.74, 6) is 0. The summed E-state index contributed by atoms with van der Waals surface area (Å²) in [5.41, 5.74) is 0. The third-order valence-corrected chi connectivity index (χ3v) is 3.79. The summed E-state index contributed by atoms with van der Waals surface area (Å²) in [6.07, 6.45) is 8.06. The standard InChI is InChI=1S/C10H24N2O4S2/c1-17(13,14)11-9-7-5-3-4-6-8-10-12-18(2,15)16/h11-12H,3-10H2,1-2H3. The van der Waals surface area contributed by atoms with Crippen molar-refractivity contribution in [2.75, 3.05) is 25.6 Å². The van der Waals surface area contributed by atoms with Crippen molar-refractivity contribution in [2.45, 2.75) is 38.5 Å². The highest BCUT2D eigenvalue weighted by molar-refractivity contribution is 7.89. The zero-order valence-corrected chi connectivity index (χ0v) is 12.7. The van der Waals surface area contributed by atoms with Crippen LogP contribution in [0, 0.1) is 0 Å². The van der Waals surface area contributed by atoms with E-state index in [1.165, 1.54) is 0 Å². The van der Waals surface area contributed by atoms with E-state index in [4.69, 9.17) is 0 Å². The quantitative estimate of drug-likeness (QED) is 0.541. The van der Waals surface area contributed by atoms with Gasteiger partial charge in [-0.2, -0.15) is 0 Å². The van der Waals surface area contributed by atoms with Crippen molar-refractivity contribution in [2.24, 2.45) is 0 Å². The predicted octanol–water partition coefficient (Wildman–Crippen LogP) is 0.425. The van der Waals surface area contributed by atoms with E-state index < -0.39 is 20.0 Å². The van der Waals surface area contributed by atoms with Crippen LogP contribution in [0.4, 0.5) is 0 Å². The highest BCUT2D eigenvalue weighted by Gasteiger charge is 2.00. The van der Waals surface area contributed by atoms with Crippen LogP contribution in [-0.4, -0.2) is 42.4 Å². The average molecular weight is 300 g/mol. The molecule has 0 unspecified atom stereocenters. The summed E-state index contributed by atoms with van der Waals surface area (Å²) in [6, 6.07) is 0. The molecule has 18 heavy (non-hydrogen) atoms. The van der Waals surface area contributed by atoms with E-state index in [0.29, 0.717) is 13.1 Å². The van der Waals surface area contributed by atoms with Crippen molar-refractivity contribution in [3.8, 4) is 0 Å². The van der Waals surface area contributed by atoms with Crippen LogP contribution in [-0.2, 0) is 20.0 Å². The number of hydrogen-bond donors (Lipinski definition) is 2. The number of rotatable bonds is 11. The van der Waals surface area contributed by atoms with E-state index in [0.717, 1.165) is 51.0 Å². The van der Waals surface area contributed by atoms with Crippen LogP contribution in [0.5, 0.6) is 0 Å². The largest absolute Gasteiger partial charge is 0.215 e. The normalized spacial score (nSPS) is 12.8. The number of nitrogens with one attached hydrogen (secondary N) is 2. The van der Waals surface area contributed by atoms with Crippen LogP contribution < -0.4 is 9.44 Å². The van der Waals surface area contributed by atoms with E-state index >= 15 is 0 Å². The van der Waals surface area contributed by atoms with E-state index in [-0.39, 0.29) is 0 Å². The fourth-order valence-corrected chi connectivity index (χ4v) is 2.50. The highest BCUT2D eigenvalue weighted by Crippen LogP contribution is 2.04. The van der Waals surface area contributed by atoms with Crippen molar-refractivity contribution in [1.29, 1.82) is 0 Å². The van der Waals surface area contributed by atoms with E-state index in [9.17, 15) is 16.8 Å². The number of hydrogen-bond acceptors (Lipinski definition) is 4. The second-order valence-electron chi connectivity index (χ2n) is 4.45. The summed E-state index contributed by atoms with van der Waals surface area (Å²) in [4.78, 5) is 0. The molecule has 0 radical (unpaired) electrons. The lowest BCUT2D eigenvalue weighted by atomic mass is 10.1.